The predicted octanol–water partition coefficient (Wildman–Crippen LogP) is 3.65. The van der Waals surface area contributed by atoms with Crippen molar-refractivity contribution in [2.24, 2.45) is 0 Å². The summed E-state index contributed by atoms with van der Waals surface area (Å²) in [4.78, 5) is 0. The first kappa shape index (κ1) is 14.3. The van der Waals surface area contributed by atoms with Crippen LogP contribution in [0.3, 0.4) is 0 Å². The zero-order valence-corrected chi connectivity index (χ0v) is 11.9. The van der Waals surface area contributed by atoms with Crippen molar-refractivity contribution in [2.75, 3.05) is 7.11 Å². The lowest BCUT2D eigenvalue weighted by atomic mass is 10.0. The highest BCUT2D eigenvalue weighted by atomic mass is 19.1. The van der Waals surface area contributed by atoms with Gasteiger partial charge in [-0.1, -0.05) is 5.16 Å². The van der Waals surface area contributed by atoms with Crippen LogP contribution in [0.5, 0.6) is 5.75 Å². The van der Waals surface area contributed by atoms with Gasteiger partial charge in [-0.3, -0.25) is 0 Å². The van der Waals surface area contributed by atoms with Crippen LogP contribution in [-0.4, -0.2) is 17.4 Å². The molecular weight excluding hydrogens is 285 g/mol. The van der Waals surface area contributed by atoms with Crippen molar-refractivity contribution in [2.45, 2.75) is 6.61 Å². The van der Waals surface area contributed by atoms with E-state index in [4.69, 9.17) is 9.26 Å². The van der Waals surface area contributed by atoms with Crippen LogP contribution in [0.1, 0.15) is 5.56 Å². The van der Waals surface area contributed by atoms with Crippen molar-refractivity contribution in [3.05, 3.63) is 59.9 Å². The Balaban J connectivity index is 2.04. The Morgan fingerprint density at radius 1 is 1.05 bits per heavy atom. The highest BCUT2D eigenvalue weighted by Crippen LogP contribution is 2.33. The summed E-state index contributed by atoms with van der Waals surface area (Å²) in [7, 11) is 1.59. The van der Waals surface area contributed by atoms with E-state index in [1.54, 1.807) is 19.2 Å². The number of aliphatic hydroxyl groups is 1. The largest absolute Gasteiger partial charge is 0.497 e. The first-order valence-corrected chi connectivity index (χ1v) is 6.72. The Morgan fingerprint density at radius 3 is 2.27 bits per heavy atom. The van der Waals surface area contributed by atoms with E-state index in [2.05, 4.69) is 5.16 Å². The predicted molar refractivity (Wildman–Crippen MR) is 79.8 cm³/mol. The van der Waals surface area contributed by atoms with Crippen LogP contribution in [0.15, 0.2) is 53.1 Å². The molecule has 0 saturated heterocycles. The van der Waals surface area contributed by atoms with E-state index in [1.165, 1.54) is 12.1 Å². The highest BCUT2D eigenvalue weighted by Gasteiger charge is 2.18. The number of aliphatic hydroxyl groups excluding tert-OH is 1. The van der Waals surface area contributed by atoms with Gasteiger partial charge in [-0.25, -0.2) is 4.39 Å². The van der Waals surface area contributed by atoms with Gasteiger partial charge >= 0.3 is 0 Å². The maximum atomic E-state index is 13.0. The third kappa shape index (κ3) is 2.58. The first-order valence-electron chi connectivity index (χ1n) is 6.72. The molecule has 0 amide bonds. The molecule has 3 aromatic rings. The Kier molecular flexibility index (Phi) is 3.89. The van der Waals surface area contributed by atoms with Crippen LogP contribution in [0.25, 0.3) is 22.6 Å². The third-order valence-corrected chi connectivity index (χ3v) is 3.42. The molecule has 3 rings (SSSR count). The van der Waals surface area contributed by atoms with E-state index >= 15 is 0 Å². The van der Waals surface area contributed by atoms with Gasteiger partial charge < -0.3 is 14.4 Å². The Bertz CT molecular complexity index is 764. The van der Waals surface area contributed by atoms with Gasteiger partial charge in [0.2, 0.25) is 0 Å². The lowest BCUT2D eigenvalue weighted by Gasteiger charge is -2.03. The molecule has 0 aliphatic carbocycles. The molecule has 4 nitrogen and oxygen atoms in total. The molecule has 1 heterocycles. The van der Waals surface area contributed by atoms with Crippen molar-refractivity contribution in [3.8, 4) is 28.3 Å². The monoisotopic (exact) mass is 299 g/mol. The fraction of sp³-hybridized carbons (Fsp3) is 0.118. The van der Waals surface area contributed by atoms with Gasteiger partial charge in [0.1, 0.15) is 17.3 Å². The van der Waals surface area contributed by atoms with Gasteiger partial charge in [-0.2, -0.15) is 0 Å². The normalized spacial score (nSPS) is 10.7. The summed E-state index contributed by atoms with van der Waals surface area (Å²) < 4.78 is 23.5. The Hall–Kier alpha value is -2.66. The van der Waals surface area contributed by atoms with Crippen LogP contribution in [0.2, 0.25) is 0 Å². The average Bonchev–Trinajstić information content (AvgIpc) is 2.99. The summed E-state index contributed by atoms with van der Waals surface area (Å²) in [6.07, 6.45) is 0. The molecule has 1 aromatic heterocycles. The molecule has 0 bridgehead atoms. The van der Waals surface area contributed by atoms with Gasteiger partial charge in [-0.05, 0) is 48.5 Å². The molecule has 0 saturated carbocycles. The molecule has 112 valence electrons. The summed E-state index contributed by atoms with van der Waals surface area (Å²) in [6.45, 7) is -0.225. The van der Waals surface area contributed by atoms with E-state index < -0.39 is 0 Å². The lowest BCUT2D eigenvalue weighted by molar-refractivity contribution is 0.281. The number of halogens is 1. The molecule has 2 aromatic carbocycles. The summed E-state index contributed by atoms with van der Waals surface area (Å²) in [5.74, 6) is 0.842. The van der Waals surface area contributed by atoms with E-state index in [0.717, 1.165) is 11.3 Å². The average molecular weight is 299 g/mol. The summed E-state index contributed by atoms with van der Waals surface area (Å²) in [6, 6.07) is 13.2. The molecule has 0 atom stereocenters. The van der Waals surface area contributed by atoms with Crippen LogP contribution in [0.4, 0.5) is 4.39 Å². The number of ether oxygens (including phenoxy) is 1. The number of nitrogens with zero attached hydrogens (tertiary/aromatic N) is 1. The van der Waals surface area contributed by atoms with E-state index in [1.807, 2.05) is 24.3 Å². The molecule has 0 spiro atoms. The van der Waals surface area contributed by atoms with E-state index in [0.29, 0.717) is 22.6 Å². The zero-order valence-electron chi connectivity index (χ0n) is 11.9. The number of methoxy groups -OCH3 is 1. The van der Waals surface area contributed by atoms with E-state index in [9.17, 15) is 9.50 Å². The summed E-state index contributed by atoms with van der Waals surface area (Å²) in [5, 5.41) is 13.7. The molecule has 0 fully saturated rings. The Labute approximate surface area is 126 Å². The van der Waals surface area contributed by atoms with Gasteiger partial charge in [0, 0.05) is 11.1 Å². The van der Waals surface area contributed by atoms with Gasteiger partial charge in [0.25, 0.3) is 0 Å². The number of hydrogen-bond donors (Lipinski definition) is 1. The minimum absolute atomic E-state index is 0.225. The molecule has 1 N–H and O–H groups in total. The molecule has 5 heteroatoms. The molecular formula is C17H14FNO3. The lowest BCUT2D eigenvalue weighted by Crippen LogP contribution is -1.90. The maximum absolute atomic E-state index is 13.0. The van der Waals surface area contributed by atoms with Gasteiger partial charge in [-0.15, -0.1) is 0 Å². The van der Waals surface area contributed by atoms with Crippen LogP contribution in [0, 0.1) is 5.82 Å². The van der Waals surface area contributed by atoms with Gasteiger partial charge in [0.15, 0.2) is 5.76 Å². The topological polar surface area (TPSA) is 55.5 Å². The van der Waals surface area contributed by atoms with Crippen LogP contribution < -0.4 is 4.74 Å². The Morgan fingerprint density at radius 2 is 1.68 bits per heavy atom. The second-order valence-electron chi connectivity index (χ2n) is 4.73. The number of benzene rings is 2. The maximum Gasteiger partial charge on any atom is 0.173 e. The van der Waals surface area contributed by atoms with Crippen molar-refractivity contribution < 1.29 is 18.8 Å². The number of hydrogen-bond acceptors (Lipinski definition) is 4. The second-order valence-corrected chi connectivity index (χ2v) is 4.73. The summed E-state index contributed by atoms with van der Waals surface area (Å²) in [5.41, 5.74) is 2.60. The van der Waals surface area contributed by atoms with Crippen LogP contribution in [-0.2, 0) is 6.61 Å². The van der Waals surface area contributed by atoms with Crippen molar-refractivity contribution >= 4 is 0 Å². The number of rotatable bonds is 4. The number of aromatic nitrogens is 1. The highest BCUT2D eigenvalue weighted by molar-refractivity contribution is 5.72. The van der Waals surface area contributed by atoms with Crippen molar-refractivity contribution in [3.63, 3.8) is 0 Å². The second kappa shape index (κ2) is 5.99. The van der Waals surface area contributed by atoms with Crippen molar-refractivity contribution in [1.82, 2.24) is 5.16 Å². The quantitative estimate of drug-likeness (QED) is 0.799. The fourth-order valence-corrected chi connectivity index (χ4v) is 2.26. The molecule has 22 heavy (non-hydrogen) atoms. The van der Waals surface area contributed by atoms with Crippen molar-refractivity contribution in [1.29, 1.82) is 0 Å². The molecule has 0 radical (unpaired) electrons. The minimum atomic E-state index is -0.329. The SMILES string of the molecule is COc1ccc(-c2noc(-c3ccc(F)cc3)c2CO)cc1. The first-order chi connectivity index (χ1) is 10.7. The smallest absolute Gasteiger partial charge is 0.173 e. The van der Waals surface area contributed by atoms with Crippen LogP contribution >= 0.6 is 0 Å². The molecule has 0 unspecified atom stereocenters. The fourth-order valence-electron chi connectivity index (χ4n) is 2.26. The third-order valence-electron chi connectivity index (χ3n) is 3.42. The standard InChI is InChI=1S/C17H14FNO3/c1-21-14-8-4-11(5-9-14)16-15(10-20)17(22-19-16)12-2-6-13(18)7-3-12/h2-9,20H,10H2,1H3. The summed E-state index contributed by atoms with van der Waals surface area (Å²) >= 11 is 0. The molecule has 0 aliphatic rings. The van der Waals surface area contributed by atoms with Gasteiger partial charge in [0.05, 0.1) is 19.3 Å². The van der Waals surface area contributed by atoms with E-state index in [-0.39, 0.29) is 12.4 Å². The molecule has 0 aliphatic heterocycles. The zero-order chi connectivity index (χ0) is 15.5. The minimum Gasteiger partial charge on any atom is -0.497 e.